The highest BCUT2D eigenvalue weighted by Gasteiger charge is 2.37. The molecule has 0 amide bonds. The Morgan fingerprint density at radius 3 is 2.12 bits per heavy atom. The Morgan fingerprint density at radius 2 is 1.75 bits per heavy atom. The molecule has 0 atom stereocenters. The predicted molar refractivity (Wildman–Crippen MR) is 68.0 cm³/mol. The molecule has 3 nitrogen and oxygen atoms in total. The molecule has 0 unspecified atom stereocenters. The summed E-state index contributed by atoms with van der Waals surface area (Å²) in [5.41, 5.74) is -1.10. The summed E-state index contributed by atoms with van der Waals surface area (Å²) in [6.07, 6.45) is 0.904. The molecule has 0 bridgehead atoms. The summed E-state index contributed by atoms with van der Waals surface area (Å²) in [4.78, 5) is 11.2. The van der Waals surface area contributed by atoms with Gasteiger partial charge in [0.1, 0.15) is 5.75 Å². The lowest BCUT2D eigenvalue weighted by molar-refractivity contribution is -0.156. The van der Waals surface area contributed by atoms with Crippen LogP contribution in [0.15, 0.2) is 30.3 Å². The van der Waals surface area contributed by atoms with Gasteiger partial charge in [-0.05, 0) is 25.0 Å². The van der Waals surface area contributed by atoms with Crippen LogP contribution in [0.5, 0.6) is 5.75 Å². The van der Waals surface area contributed by atoms with Crippen LogP contribution < -0.4 is 4.74 Å². The van der Waals surface area contributed by atoms with E-state index in [1.54, 1.807) is 12.1 Å². The van der Waals surface area contributed by atoms with Gasteiger partial charge in [0, 0.05) is 0 Å². The van der Waals surface area contributed by atoms with Gasteiger partial charge in [-0.3, -0.25) is 0 Å². The second kappa shape index (κ2) is 6.57. The zero-order chi connectivity index (χ0) is 11.3. The fourth-order valence-corrected chi connectivity index (χ4v) is 1.45. The summed E-state index contributed by atoms with van der Waals surface area (Å²) in [7, 11) is 0. The Hall–Kier alpha value is -0.978. The minimum Gasteiger partial charge on any atom is -0.478 e. The molecular formula is C12H19AlO3. The predicted octanol–water partition coefficient (Wildman–Crippen LogP) is 1.52. The second-order valence-electron chi connectivity index (χ2n) is 3.42. The minimum atomic E-state index is -1.10. The van der Waals surface area contributed by atoms with Crippen LogP contribution in [0, 0.1) is 0 Å². The van der Waals surface area contributed by atoms with Gasteiger partial charge in [-0.25, -0.2) is 4.79 Å². The van der Waals surface area contributed by atoms with E-state index in [-0.39, 0.29) is 17.4 Å². The van der Waals surface area contributed by atoms with Gasteiger partial charge in [0.2, 0.25) is 5.60 Å². The Kier molecular flexibility index (Phi) is 6.17. The summed E-state index contributed by atoms with van der Waals surface area (Å²) in [6, 6.07) is 9.06. The van der Waals surface area contributed by atoms with E-state index >= 15 is 0 Å². The van der Waals surface area contributed by atoms with Crippen LogP contribution in [0.3, 0.4) is 0 Å². The van der Waals surface area contributed by atoms with E-state index in [0.717, 1.165) is 0 Å². The standard InChI is InChI=1S/C12H16O3.Al.3H/c1-3-12(4-2,11(13)14)15-10-8-6-5-7-9-10;;;;/h5-9H,3-4H2,1-2H3,(H,13,14);;;;. The summed E-state index contributed by atoms with van der Waals surface area (Å²) in [5.74, 6) is -0.306. The number of para-hydroxylation sites is 1. The van der Waals surface area contributed by atoms with Crippen molar-refractivity contribution in [2.75, 3.05) is 0 Å². The van der Waals surface area contributed by atoms with E-state index in [0.29, 0.717) is 18.6 Å². The average Bonchev–Trinajstić information content (AvgIpc) is 2.27. The number of carbonyl (C=O) groups is 1. The maximum absolute atomic E-state index is 11.2. The quantitative estimate of drug-likeness (QED) is 0.791. The zero-order valence-corrected chi connectivity index (χ0v) is 9.06. The topological polar surface area (TPSA) is 46.5 Å². The number of rotatable bonds is 5. The van der Waals surface area contributed by atoms with Crippen LogP contribution in [0.1, 0.15) is 26.7 Å². The van der Waals surface area contributed by atoms with Gasteiger partial charge in [-0.2, -0.15) is 0 Å². The SMILES string of the molecule is CCC(CC)(Oc1ccccc1)C(=O)O.[AlH3]. The lowest BCUT2D eigenvalue weighted by Gasteiger charge is -2.27. The van der Waals surface area contributed by atoms with Crippen LogP contribution in [-0.4, -0.2) is 34.0 Å². The van der Waals surface area contributed by atoms with Crippen LogP contribution in [0.2, 0.25) is 0 Å². The van der Waals surface area contributed by atoms with Crippen molar-refractivity contribution in [2.45, 2.75) is 32.3 Å². The molecule has 0 heterocycles. The Balaban J connectivity index is 0.00000225. The Bertz CT molecular complexity index is 320. The number of aliphatic carboxylic acids is 1. The van der Waals surface area contributed by atoms with E-state index in [1.165, 1.54) is 0 Å². The third-order valence-electron chi connectivity index (χ3n) is 2.59. The largest absolute Gasteiger partial charge is 0.478 e. The number of hydrogen-bond acceptors (Lipinski definition) is 2. The maximum atomic E-state index is 11.2. The van der Waals surface area contributed by atoms with Crippen molar-refractivity contribution in [3.63, 3.8) is 0 Å². The van der Waals surface area contributed by atoms with Gasteiger partial charge >= 0.3 is 5.97 Å². The van der Waals surface area contributed by atoms with Gasteiger partial charge in [-0.15, -0.1) is 0 Å². The number of carboxylic acid groups (broad SMARTS) is 1. The smallest absolute Gasteiger partial charge is 0.348 e. The lowest BCUT2D eigenvalue weighted by Crippen LogP contribution is -2.43. The van der Waals surface area contributed by atoms with E-state index in [9.17, 15) is 4.79 Å². The summed E-state index contributed by atoms with van der Waals surface area (Å²) >= 11 is 0. The van der Waals surface area contributed by atoms with Crippen molar-refractivity contribution in [2.24, 2.45) is 0 Å². The fourth-order valence-electron chi connectivity index (χ4n) is 1.45. The Morgan fingerprint density at radius 1 is 1.25 bits per heavy atom. The third kappa shape index (κ3) is 3.26. The van der Waals surface area contributed by atoms with Crippen molar-refractivity contribution >= 4 is 23.3 Å². The molecule has 88 valence electrons. The Labute approximate surface area is 107 Å². The van der Waals surface area contributed by atoms with E-state index in [1.807, 2.05) is 32.0 Å². The molecule has 0 aliphatic carbocycles. The average molecular weight is 238 g/mol. The molecule has 0 radical (unpaired) electrons. The van der Waals surface area contributed by atoms with Crippen molar-refractivity contribution in [1.29, 1.82) is 0 Å². The van der Waals surface area contributed by atoms with E-state index < -0.39 is 11.6 Å². The maximum Gasteiger partial charge on any atom is 0.348 e. The first-order valence-corrected chi connectivity index (χ1v) is 5.12. The number of carboxylic acids is 1. The summed E-state index contributed by atoms with van der Waals surface area (Å²) in [5, 5.41) is 9.16. The molecule has 1 rings (SSSR count). The molecule has 0 fully saturated rings. The summed E-state index contributed by atoms with van der Waals surface area (Å²) in [6.45, 7) is 3.64. The molecule has 1 aromatic carbocycles. The molecule has 0 saturated heterocycles. The highest BCUT2D eigenvalue weighted by atomic mass is 27.0. The van der Waals surface area contributed by atoms with Crippen molar-refractivity contribution in [3.05, 3.63) is 30.3 Å². The first-order chi connectivity index (χ1) is 7.14. The van der Waals surface area contributed by atoms with Gasteiger partial charge in [0.05, 0.1) is 0 Å². The molecular weight excluding hydrogens is 219 g/mol. The van der Waals surface area contributed by atoms with Crippen LogP contribution >= 0.6 is 0 Å². The van der Waals surface area contributed by atoms with Crippen LogP contribution in [-0.2, 0) is 4.79 Å². The van der Waals surface area contributed by atoms with Crippen molar-refractivity contribution in [1.82, 2.24) is 0 Å². The molecule has 16 heavy (non-hydrogen) atoms. The monoisotopic (exact) mass is 238 g/mol. The molecule has 0 aliphatic heterocycles. The number of benzene rings is 1. The van der Waals surface area contributed by atoms with Crippen molar-refractivity contribution < 1.29 is 14.6 Å². The third-order valence-corrected chi connectivity index (χ3v) is 2.59. The van der Waals surface area contributed by atoms with Crippen LogP contribution in [0.4, 0.5) is 0 Å². The zero-order valence-electron chi connectivity index (χ0n) is 9.06. The molecule has 0 saturated carbocycles. The second-order valence-corrected chi connectivity index (χ2v) is 3.42. The minimum absolute atomic E-state index is 0. The first-order valence-electron chi connectivity index (χ1n) is 5.12. The van der Waals surface area contributed by atoms with Gasteiger partial charge in [-0.1, -0.05) is 32.0 Å². The highest BCUT2D eigenvalue weighted by Crippen LogP contribution is 2.24. The van der Waals surface area contributed by atoms with Crippen molar-refractivity contribution in [3.8, 4) is 5.75 Å². The summed E-state index contributed by atoms with van der Waals surface area (Å²) < 4.78 is 5.56. The number of ether oxygens (including phenoxy) is 1. The number of hydrogen-bond donors (Lipinski definition) is 1. The van der Waals surface area contributed by atoms with Gasteiger partial charge < -0.3 is 9.84 Å². The van der Waals surface area contributed by atoms with Gasteiger partial charge in [0.25, 0.3) is 0 Å². The van der Waals surface area contributed by atoms with Gasteiger partial charge in [0.15, 0.2) is 17.4 Å². The molecule has 1 aromatic rings. The molecule has 0 aliphatic rings. The molecule has 1 N–H and O–H groups in total. The molecule has 0 spiro atoms. The highest BCUT2D eigenvalue weighted by molar-refractivity contribution is 5.77. The normalized spacial score (nSPS) is 10.4. The first kappa shape index (κ1) is 15.0. The van der Waals surface area contributed by atoms with E-state index in [2.05, 4.69) is 0 Å². The van der Waals surface area contributed by atoms with E-state index in [4.69, 9.17) is 9.84 Å². The molecule has 0 aromatic heterocycles. The van der Waals surface area contributed by atoms with Crippen LogP contribution in [0.25, 0.3) is 0 Å². The molecule has 4 heteroatoms. The lowest BCUT2D eigenvalue weighted by atomic mass is 9.97. The fraction of sp³-hybridized carbons (Fsp3) is 0.417.